The monoisotopic (exact) mass is 391 g/mol. The predicted molar refractivity (Wildman–Crippen MR) is 105 cm³/mol. The fourth-order valence-electron chi connectivity index (χ4n) is 3.46. The van der Waals surface area contributed by atoms with E-state index in [-0.39, 0.29) is 12.2 Å². The van der Waals surface area contributed by atoms with Crippen molar-refractivity contribution in [1.82, 2.24) is 5.48 Å². The van der Waals surface area contributed by atoms with Crippen LogP contribution >= 0.6 is 11.6 Å². The van der Waals surface area contributed by atoms with E-state index in [1.54, 1.807) is 0 Å². The second-order valence-corrected chi connectivity index (χ2v) is 7.25. The molecule has 1 aliphatic heterocycles. The Bertz CT molecular complexity index is 737. The first kappa shape index (κ1) is 20.1. The van der Waals surface area contributed by atoms with Crippen LogP contribution in [-0.4, -0.2) is 35.7 Å². The number of rotatable bonds is 7. The summed E-state index contributed by atoms with van der Waals surface area (Å²) in [6.45, 7) is 2.90. The van der Waals surface area contributed by atoms with Gasteiger partial charge in [0, 0.05) is 24.4 Å². The van der Waals surface area contributed by atoms with Gasteiger partial charge >= 0.3 is 0 Å². The Kier molecular flexibility index (Phi) is 7.10. The molecule has 1 fully saturated rings. The Labute approximate surface area is 164 Å². The molecule has 3 rings (SSSR count). The molecule has 0 aliphatic carbocycles. The van der Waals surface area contributed by atoms with E-state index in [9.17, 15) is 5.11 Å². The standard InChI is InChI=1S/C21H26ClNO4/c1-2-26-18-6-3-14(4-7-18)9-16-10-15(5-8-20(16)22)21-12-17(24)11-19(27-21)13-23-25/h3-8,10,17,19,21,23-25H,2,9,11-13H2,1H3. The Balaban J connectivity index is 1.75. The molecule has 0 radical (unpaired) electrons. The number of hydrogen-bond acceptors (Lipinski definition) is 5. The van der Waals surface area contributed by atoms with Crippen LogP contribution in [0, 0.1) is 0 Å². The third-order valence-corrected chi connectivity index (χ3v) is 5.14. The van der Waals surface area contributed by atoms with Gasteiger partial charge in [-0.3, -0.25) is 0 Å². The topological polar surface area (TPSA) is 71.0 Å². The van der Waals surface area contributed by atoms with E-state index in [1.165, 1.54) is 0 Å². The van der Waals surface area contributed by atoms with Crippen molar-refractivity contribution in [2.75, 3.05) is 13.2 Å². The van der Waals surface area contributed by atoms with Crippen molar-refractivity contribution in [3.8, 4) is 5.75 Å². The van der Waals surface area contributed by atoms with Crippen molar-refractivity contribution < 1.29 is 19.8 Å². The molecular weight excluding hydrogens is 366 g/mol. The first-order chi connectivity index (χ1) is 13.1. The van der Waals surface area contributed by atoms with E-state index < -0.39 is 6.10 Å². The van der Waals surface area contributed by atoms with Crippen molar-refractivity contribution in [3.63, 3.8) is 0 Å². The lowest BCUT2D eigenvalue weighted by atomic mass is 9.94. The van der Waals surface area contributed by atoms with Crippen LogP contribution in [-0.2, 0) is 11.2 Å². The Morgan fingerprint density at radius 1 is 1.19 bits per heavy atom. The van der Waals surface area contributed by atoms with Gasteiger partial charge < -0.3 is 19.8 Å². The highest BCUT2D eigenvalue weighted by Gasteiger charge is 2.29. The zero-order valence-electron chi connectivity index (χ0n) is 15.4. The van der Waals surface area contributed by atoms with Gasteiger partial charge in [0.2, 0.25) is 0 Å². The number of benzene rings is 2. The highest BCUT2D eigenvalue weighted by molar-refractivity contribution is 6.31. The van der Waals surface area contributed by atoms with E-state index in [2.05, 4.69) is 5.48 Å². The molecule has 0 bridgehead atoms. The smallest absolute Gasteiger partial charge is 0.119 e. The van der Waals surface area contributed by atoms with Crippen molar-refractivity contribution in [1.29, 1.82) is 0 Å². The number of halogens is 1. The maximum Gasteiger partial charge on any atom is 0.119 e. The van der Waals surface area contributed by atoms with Gasteiger partial charge in [0.15, 0.2) is 0 Å². The van der Waals surface area contributed by atoms with E-state index >= 15 is 0 Å². The lowest BCUT2D eigenvalue weighted by Crippen LogP contribution is -2.37. The molecule has 2 aromatic carbocycles. The fourth-order valence-corrected chi connectivity index (χ4v) is 3.64. The minimum Gasteiger partial charge on any atom is -0.494 e. The molecule has 1 aliphatic rings. The summed E-state index contributed by atoms with van der Waals surface area (Å²) in [5.74, 6) is 0.856. The molecular formula is C21H26ClNO4. The van der Waals surface area contributed by atoms with Crippen molar-refractivity contribution in [2.24, 2.45) is 0 Å². The molecule has 0 spiro atoms. The quantitative estimate of drug-likeness (QED) is 0.624. The van der Waals surface area contributed by atoms with E-state index in [4.69, 9.17) is 26.3 Å². The maximum atomic E-state index is 10.1. The third-order valence-electron chi connectivity index (χ3n) is 4.77. The molecule has 3 N–H and O–H groups in total. The van der Waals surface area contributed by atoms with Gasteiger partial charge in [-0.25, -0.2) is 5.48 Å². The number of ether oxygens (including phenoxy) is 2. The summed E-state index contributed by atoms with van der Waals surface area (Å²) in [5, 5.41) is 19.8. The van der Waals surface area contributed by atoms with Crippen LogP contribution in [0.5, 0.6) is 5.75 Å². The summed E-state index contributed by atoms with van der Waals surface area (Å²) >= 11 is 6.42. The zero-order valence-corrected chi connectivity index (χ0v) is 16.2. The Hall–Kier alpha value is -1.63. The van der Waals surface area contributed by atoms with Crippen LogP contribution < -0.4 is 10.2 Å². The summed E-state index contributed by atoms with van der Waals surface area (Å²) in [5.41, 5.74) is 5.27. The van der Waals surface area contributed by atoms with E-state index in [1.807, 2.05) is 49.4 Å². The third kappa shape index (κ3) is 5.43. The van der Waals surface area contributed by atoms with Crippen molar-refractivity contribution in [3.05, 3.63) is 64.2 Å². The van der Waals surface area contributed by atoms with Gasteiger partial charge in [-0.2, -0.15) is 0 Å². The number of nitrogens with one attached hydrogen (secondary N) is 1. The first-order valence-electron chi connectivity index (χ1n) is 9.29. The lowest BCUT2D eigenvalue weighted by Gasteiger charge is -2.33. The maximum absolute atomic E-state index is 10.1. The SMILES string of the molecule is CCOc1ccc(Cc2cc(C3CC(O)CC(CNO)O3)ccc2Cl)cc1. The molecule has 0 saturated carbocycles. The normalized spacial score (nSPS) is 22.6. The summed E-state index contributed by atoms with van der Waals surface area (Å²) in [7, 11) is 0. The van der Waals surface area contributed by atoms with Gasteiger partial charge in [0.05, 0.1) is 24.9 Å². The molecule has 1 heterocycles. The highest BCUT2D eigenvalue weighted by atomic mass is 35.5. The molecule has 1 saturated heterocycles. The zero-order chi connectivity index (χ0) is 19.2. The Morgan fingerprint density at radius 2 is 1.96 bits per heavy atom. The number of aliphatic hydroxyl groups is 1. The van der Waals surface area contributed by atoms with Crippen LogP contribution in [0.1, 0.15) is 42.6 Å². The summed E-state index contributed by atoms with van der Waals surface area (Å²) in [6.07, 6.45) is 0.850. The first-order valence-corrected chi connectivity index (χ1v) is 9.67. The average Bonchev–Trinajstić information content (AvgIpc) is 2.65. The van der Waals surface area contributed by atoms with Gasteiger partial charge in [-0.05, 0) is 48.2 Å². The number of hydrogen-bond donors (Lipinski definition) is 3. The fraction of sp³-hybridized carbons (Fsp3) is 0.429. The molecule has 5 nitrogen and oxygen atoms in total. The van der Waals surface area contributed by atoms with E-state index in [0.717, 1.165) is 22.4 Å². The van der Waals surface area contributed by atoms with E-state index in [0.29, 0.717) is 37.4 Å². The average molecular weight is 392 g/mol. The predicted octanol–water partition coefficient (Wildman–Crippen LogP) is 3.89. The molecule has 27 heavy (non-hydrogen) atoms. The van der Waals surface area contributed by atoms with Crippen LogP contribution in [0.3, 0.4) is 0 Å². The molecule has 6 heteroatoms. The van der Waals surface area contributed by atoms with Crippen LogP contribution in [0.25, 0.3) is 0 Å². The number of aliphatic hydroxyl groups excluding tert-OH is 1. The van der Waals surface area contributed by atoms with Crippen molar-refractivity contribution in [2.45, 2.75) is 44.5 Å². The second-order valence-electron chi connectivity index (χ2n) is 6.84. The molecule has 3 atom stereocenters. The molecule has 0 amide bonds. The molecule has 0 aromatic heterocycles. The summed E-state index contributed by atoms with van der Waals surface area (Å²) in [6, 6.07) is 13.9. The van der Waals surface area contributed by atoms with Gasteiger partial charge in [-0.1, -0.05) is 35.9 Å². The van der Waals surface area contributed by atoms with Crippen LogP contribution in [0.15, 0.2) is 42.5 Å². The van der Waals surface area contributed by atoms with Crippen LogP contribution in [0.2, 0.25) is 5.02 Å². The highest BCUT2D eigenvalue weighted by Crippen LogP contribution is 2.33. The van der Waals surface area contributed by atoms with Crippen molar-refractivity contribution >= 4 is 11.6 Å². The lowest BCUT2D eigenvalue weighted by molar-refractivity contribution is -0.104. The molecule has 3 unspecified atom stereocenters. The minimum absolute atomic E-state index is 0.219. The van der Waals surface area contributed by atoms with Gasteiger partial charge in [0.25, 0.3) is 0 Å². The molecule has 2 aromatic rings. The van der Waals surface area contributed by atoms with Crippen LogP contribution in [0.4, 0.5) is 0 Å². The molecule has 146 valence electrons. The summed E-state index contributed by atoms with van der Waals surface area (Å²) in [4.78, 5) is 0. The minimum atomic E-state index is -0.452. The van der Waals surface area contributed by atoms with Gasteiger partial charge in [0.1, 0.15) is 5.75 Å². The van der Waals surface area contributed by atoms with Gasteiger partial charge in [-0.15, -0.1) is 0 Å². The second kappa shape index (κ2) is 9.53. The summed E-state index contributed by atoms with van der Waals surface area (Å²) < 4.78 is 11.5. The largest absolute Gasteiger partial charge is 0.494 e. The number of hydroxylamine groups is 1. The Morgan fingerprint density at radius 3 is 2.67 bits per heavy atom.